The fourth-order valence-corrected chi connectivity index (χ4v) is 6.66. The van der Waals surface area contributed by atoms with Crippen molar-refractivity contribution in [2.45, 2.75) is 110 Å². The van der Waals surface area contributed by atoms with Crippen LogP contribution in [0, 0.1) is 46.8 Å². The minimum absolute atomic E-state index is 0.381. The van der Waals surface area contributed by atoms with Crippen LogP contribution in [0.15, 0.2) is 0 Å². The van der Waals surface area contributed by atoms with Crippen LogP contribution in [0.4, 0.5) is 0 Å². The Morgan fingerprint density at radius 1 is 0.720 bits per heavy atom. The zero-order valence-corrected chi connectivity index (χ0v) is 16.7. The molecule has 0 bridgehead atoms. The maximum atomic E-state index is 9.26. The number of nitriles is 1. The molecule has 0 aromatic heterocycles. The van der Waals surface area contributed by atoms with Crippen LogP contribution in [0.25, 0.3) is 0 Å². The van der Waals surface area contributed by atoms with Gasteiger partial charge in [-0.2, -0.15) is 5.26 Å². The van der Waals surface area contributed by atoms with Crippen LogP contribution in [-0.2, 0) is 0 Å². The summed E-state index contributed by atoms with van der Waals surface area (Å²) in [5.74, 6) is 5.39. The zero-order valence-electron chi connectivity index (χ0n) is 16.7. The lowest BCUT2D eigenvalue weighted by Gasteiger charge is -2.50. The highest BCUT2D eigenvalue weighted by atomic mass is 14.5. The number of hydrogen-bond donors (Lipinski definition) is 0. The van der Waals surface area contributed by atoms with Gasteiger partial charge in [0, 0.05) is 5.92 Å². The molecule has 6 atom stereocenters. The third-order valence-electron chi connectivity index (χ3n) is 8.05. The molecule has 3 aliphatic carbocycles. The SMILES string of the molecule is CCCCCCCCC[C@@H]1CCC2C(CCC3C[C@H](C#N)CCC32)C1. The van der Waals surface area contributed by atoms with Crippen LogP contribution in [0.1, 0.15) is 110 Å². The first kappa shape index (κ1) is 19.3. The highest BCUT2D eigenvalue weighted by Gasteiger charge is 2.44. The molecule has 4 unspecified atom stereocenters. The number of unbranched alkanes of at least 4 members (excludes halogenated alkanes) is 6. The Morgan fingerprint density at radius 3 is 2.08 bits per heavy atom. The highest BCUT2D eigenvalue weighted by molar-refractivity contribution is 4.98. The summed E-state index contributed by atoms with van der Waals surface area (Å²) in [6, 6.07) is 2.56. The molecule has 0 aliphatic heterocycles. The summed E-state index contributed by atoms with van der Waals surface area (Å²) in [7, 11) is 0. The summed E-state index contributed by atoms with van der Waals surface area (Å²) in [4.78, 5) is 0. The van der Waals surface area contributed by atoms with Crippen molar-refractivity contribution in [1.82, 2.24) is 0 Å². The van der Waals surface area contributed by atoms with Gasteiger partial charge >= 0.3 is 0 Å². The van der Waals surface area contributed by atoms with E-state index in [1.165, 1.54) is 96.3 Å². The van der Waals surface area contributed by atoms with Gasteiger partial charge in [-0.05, 0) is 74.5 Å². The normalized spacial score (nSPS) is 37.8. The van der Waals surface area contributed by atoms with E-state index in [2.05, 4.69) is 13.0 Å². The monoisotopic (exact) mass is 343 g/mol. The van der Waals surface area contributed by atoms with Crippen LogP contribution in [-0.4, -0.2) is 0 Å². The maximum Gasteiger partial charge on any atom is 0.0655 e. The van der Waals surface area contributed by atoms with Crippen molar-refractivity contribution in [2.75, 3.05) is 0 Å². The van der Waals surface area contributed by atoms with Gasteiger partial charge < -0.3 is 0 Å². The molecule has 0 radical (unpaired) electrons. The van der Waals surface area contributed by atoms with Crippen molar-refractivity contribution >= 4 is 0 Å². The van der Waals surface area contributed by atoms with Gasteiger partial charge in [-0.1, -0.05) is 64.7 Å². The van der Waals surface area contributed by atoms with Crippen molar-refractivity contribution in [3.63, 3.8) is 0 Å². The third kappa shape index (κ3) is 5.24. The second-order valence-electron chi connectivity index (χ2n) is 9.65. The molecular weight excluding hydrogens is 302 g/mol. The first-order chi connectivity index (χ1) is 12.3. The average Bonchev–Trinajstić information content (AvgIpc) is 2.66. The molecule has 0 aromatic rings. The number of fused-ring (bicyclic) bond motifs is 3. The van der Waals surface area contributed by atoms with E-state index >= 15 is 0 Å². The van der Waals surface area contributed by atoms with Gasteiger partial charge in [-0.25, -0.2) is 0 Å². The Kier molecular flexibility index (Phi) is 7.69. The first-order valence-electron chi connectivity index (χ1n) is 11.7. The third-order valence-corrected chi connectivity index (χ3v) is 8.05. The predicted octanol–water partition coefficient (Wildman–Crippen LogP) is 7.51. The molecule has 0 saturated heterocycles. The molecular formula is C24H41N. The summed E-state index contributed by atoms with van der Waals surface area (Å²) in [5, 5.41) is 9.26. The van der Waals surface area contributed by atoms with Crippen LogP contribution >= 0.6 is 0 Å². The quantitative estimate of drug-likeness (QED) is 0.418. The largest absolute Gasteiger partial charge is 0.198 e. The summed E-state index contributed by atoms with van der Waals surface area (Å²) in [6.07, 6.45) is 23.0. The lowest BCUT2D eigenvalue weighted by Crippen LogP contribution is -2.41. The smallest absolute Gasteiger partial charge is 0.0655 e. The van der Waals surface area contributed by atoms with Crippen molar-refractivity contribution in [1.29, 1.82) is 5.26 Å². The molecule has 0 heterocycles. The van der Waals surface area contributed by atoms with E-state index < -0.39 is 0 Å². The fraction of sp³-hybridized carbons (Fsp3) is 0.958. The van der Waals surface area contributed by atoms with Crippen molar-refractivity contribution in [2.24, 2.45) is 35.5 Å². The number of rotatable bonds is 8. The average molecular weight is 344 g/mol. The molecule has 1 heteroatoms. The standard InChI is InChI=1S/C24H41N/c1-2-3-4-5-6-7-8-9-19-10-14-23-21(16-19)12-13-22-17-20(18-25)11-15-24(22)23/h19-24H,2-17H2,1H3/t19-,20-,21?,22?,23?,24?/m1/s1. The van der Waals surface area contributed by atoms with E-state index in [-0.39, 0.29) is 0 Å². The van der Waals surface area contributed by atoms with Gasteiger partial charge in [0.1, 0.15) is 0 Å². The summed E-state index contributed by atoms with van der Waals surface area (Å²) < 4.78 is 0. The van der Waals surface area contributed by atoms with Gasteiger partial charge in [0.15, 0.2) is 0 Å². The summed E-state index contributed by atoms with van der Waals surface area (Å²) in [6.45, 7) is 2.30. The molecule has 1 nitrogen and oxygen atoms in total. The second-order valence-corrected chi connectivity index (χ2v) is 9.65. The van der Waals surface area contributed by atoms with E-state index in [1.54, 1.807) is 6.42 Å². The van der Waals surface area contributed by atoms with Crippen LogP contribution < -0.4 is 0 Å². The predicted molar refractivity (Wildman–Crippen MR) is 106 cm³/mol. The van der Waals surface area contributed by atoms with Gasteiger partial charge in [0.25, 0.3) is 0 Å². The minimum atomic E-state index is 0.381. The lowest BCUT2D eigenvalue weighted by molar-refractivity contribution is 0.00278. The van der Waals surface area contributed by atoms with Crippen molar-refractivity contribution in [3.8, 4) is 6.07 Å². The van der Waals surface area contributed by atoms with Crippen LogP contribution in [0.2, 0.25) is 0 Å². The summed E-state index contributed by atoms with van der Waals surface area (Å²) in [5.41, 5.74) is 0. The molecule has 25 heavy (non-hydrogen) atoms. The minimum Gasteiger partial charge on any atom is -0.198 e. The molecule has 3 rings (SSSR count). The molecule has 0 N–H and O–H groups in total. The van der Waals surface area contributed by atoms with Gasteiger partial charge in [0.05, 0.1) is 6.07 Å². The first-order valence-corrected chi connectivity index (χ1v) is 11.7. The van der Waals surface area contributed by atoms with Crippen LogP contribution in [0.3, 0.4) is 0 Å². The fourth-order valence-electron chi connectivity index (χ4n) is 6.66. The molecule has 0 aromatic carbocycles. The van der Waals surface area contributed by atoms with E-state index in [0.717, 1.165) is 29.6 Å². The molecule has 3 fully saturated rings. The van der Waals surface area contributed by atoms with Crippen molar-refractivity contribution in [3.05, 3.63) is 0 Å². The van der Waals surface area contributed by atoms with Gasteiger partial charge in [-0.15, -0.1) is 0 Å². The number of nitrogens with zero attached hydrogens (tertiary/aromatic N) is 1. The molecule has 3 aliphatic rings. The van der Waals surface area contributed by atoms with Crippen molar-refractivity contribution < 1.29 is 0 Å². The Hall–Kier alpha value is -0.510. The lowest BCUT2D eigenvalue weighted by atomic mass is 9.55. The molecule has 142 valence electrons. The Morgan fingerprint density at radius 2 is 1.36 bits per heavy atom. The van der Waals surface area contributed by atoms with Gasteiger partial charge in [0.2, 0.25) is 0 Å². The number of hydrogen-bond acceptors (Lipinski definition) is 1. The Labute approximate surface area is 157 Å². The molecule has 0 spiro atoms. The molecule has 3 saturated carbocycles. The highest BCUT2D eigenvalue weighted by Crippen LogP contribution is 2.53. The second kappa shape index (κ2) is 9.99. The Bertz CT molecular complexity index is 422. The molecule has 0 amide bonds. The van der Waals surface area contributed by atoms with E-state index in [9.17, 15) is 5.26 Å². The van der Waals surface area contributed by atoms with Gasteiger partial charge in [-0.3, -0.25) is 0 Å². The summed E-state index contributed by atoms with van der Waals surface area (Å²) >= 11 is 0. The topological polar surface area (TPSA) is 23.8 Å². The Balaban J connectivity index is 1.35. The zero-order chi connectivity index (χ0) is 17.5. The van der Waals surface area contributed by atoms with Crippen LogP contribution in [0.5, 0.6) is 0 Å². The maximum absolute atomic E-state index is 9.26. The van der Waals surface area contributed by atoms with E-state index in [4.69, 9.17) is 0 Å². The van der Waals surface area contributed by atoms with E-state index in [1.807, 2.05) is 0 Å². The van der Waals surface area contributed by atoms with E-state index in [0.29, 0.717) is 5.92 Å².